The smallest absolute Gasteiger partial charge is 0.162 e. The molecule has 0 aromatic rings. The molecular formula is C8H15N3O. The van der Waals surface area contributed by atoms with Gasteiger partial charge in [0, 0.05) is 6.04 Å². The van der Waals surface area contributed by atoms with E-state index in [1.807, 2.05) is 0 Å². The Hall–Kier alpha value is -0.900. The molecule has 0 amide bonds. The minimum Gasteiger partial charge on any atom is -0.307 e. The summed E-state index contributed by atoms with van der Waals surface area (Å²) in [7, 11) is 2.12. The quantitative estimate of drug-likeness (QED) is 0.363. The highest BCUT2D eigenvalue weighted by Crippen LogP contribution is 2.07. The van der Waals surface area contributed by atoms with Gasteiger partial charge in [0.2, 0.25) is 0 Å². The lowest BCUT2D eigenvalue weighted by atomic mass is 10.1. The predicted molar refractivity (Wildman–Crippen MR) is 48.2 cm³/mol. The van der Waals surface area contributed by atoms with E-state index in [9.17, 15) is 4.79 Å². The van der Waals surface area contributed by atoms with Gasteiger partial charge in [0.25, 0.3) is 0 Å². The van der Waals surface area contributed by atoms with E-state index in [1.165, 1.54) is 6.21 Å². The highest BCUT2D eigenvalue weighted by Gasteiger charge is 2.14. The number of rotatable bonds is 3. The van der Waals surface area contributed by atoms with Gasteiger partial charge in [-0.3, -0.25) is 4.79 Å². The van der Waals surface area contributed by atoms with E-state index in [-0.39, 0.29) is 0 Å². The molecule has 1 aliphatic rings. The highest BCUT2D eigenvalue weighted by molar-refractivity contribution is 6.12. The monoisotopic (exact) mass is 169 g/mol. The average Bonchev–Trinajstić information content (AvgIpc) is 2.09. The second kappa shape index (κ2) is 4.87. The fourth-order valence-corrected chi connectivity index (χ4v) is 1.32. The lowest BCUT2D eigenvalue weighted by Crippen LogP contribution is -2.38. The molecule has 12 heavy (non-hydrogen) atoms. The van der Waals surface area contributed by atoms with E-state index in [0.717, 1.165) is 25.9 Å². The average molecular weight is 169 g/mol. The first-order valence-electron chi connectivity index (χ1n) is 4.24. The van der Waals surface area contributed by atoms with Gasteiger partial charge in [0.15, 0.2) is 6.29 Å². The van der Waals surface area contributed by atoms with Crippen molar-refractivity contribution in [2.45, 2.75) is 18.9 Å². The summed E-state index contributed by atoms with van der Waals surface area (Å²) in [6.07, 6.45) is 4.14. The molecule has 0 unspecified atom stereocenters. The third-order valence-electron chi connectivity index (χ3n) is 2.11. The third-order valence-corrected chi connectivity index (χ3v) is 2.11. The molecule has 4 heteroatoms. The summed E-state index contributed by atoms with van der Waals surface area (Å²) in [5.74, 6) is 0. The summed E-state index contributed by atoms with van der Waals surface area (Å²) in [5.41, 5.74) is 2.95. The summed E-state index contributed by atoms with van der Waals surface area (Å²) in [5, 5.41) is 3.78. The molecule has 0 aliphatic carbocycles. The van der Waals surface area contributed by atoms with Gasteiger partial charge in [-0.05, 0) is 33.0 Å². The molecule has 0 radical (unpaired) electrons. The van der Waals surface area contributed by atoms with Crippen molar-refractivity contribution in [1.29, 1.82) is 0 Å². The summed E-state index contributed by atoms with van der Waals surface area (Å²) >= 11 is 0. The van der Waals surface area contributed by atoms with E-state index in [2.05, 4.69) is 22.5 Å². The topological polar surface area (TPSA) is 44.7 Å². The number of hydrazone groups is 1. The minimum atomic E-state index is 0.442. The first-order chi connectivity index (χ1) is 5.83. The van der Waals surface area contributed by atoms with Crippen molar-refractivity contribution in [3.8, 4) is 0 Å². The molecule has 0 aromatic carbocycles. The Morgan fingerprint density at radius 1 is 1.50 bits per heavy atom. The Labute approximate surface area is 72.6 Å². The Kier molecular flexibility index (Phi) is 3.73. The highest BCUT2D eigenvalue weighted by atomic mass is 16.1. The van der Waals surface area contributed by atoms with Crippen LogP contribution in [0.25, 0.3) is 0 Å². The molecule has 4 nitrogen and oxygen atoms in total. The predicted octanol–water partition coefficient (Wildman–Crippen LogP) is -0.145. The lowest BCUT2D eigenvalue weighted by molar-refractivity contribution is -0.102. The number of piperidine rings is 1. The number of likely N-dealkylation sites (tertiary alicyclic amines) is 1. The van der Waals surface area contributed by atoms with Crippen LogP contribution in [0.3, 0.4) is 0 Å². The van der Waals surface area contributed by atoms with Gasteiger partial charge in [-0.15, -0.1) is 0 Å². The van der Waals surface area contributed by atoms with E-state index >= 15 is 0 Å². The zero-order valence-electron chi connectivity index (χ0n) is 7.36. The maximum Gasteiger partial charge on any atom is 0.162 e. The largest absolute Gasteiger partial charge is 0.307 e. The van der Waals surface area contributed by atoms with Crippen LogP contribution in [0.4, 0.5) is 0 Å². The number of hydrogen-bond donors (Lipinski definition) is 1. The van der Waals surface area contributed by atoms with Crippen LogP contribution in [0.1, 0.15) is 12.8 Å². The Morgan fingerprint density at radius 3 is 2.75 bits per heavy atom. The van der Waals surface area contributed by atoms with Gasteiger partial charge in [0.1, 0.15) is 0 Å². The summed E-state index contributed by atoms with van der Waals surface area (Å²) in [6.45, 7) is 2.21. The fraction of sp³-hybridized carbons (Fsp3) is 0.750. The molecular weight excluding hydrogens is 154 g/mol. The Balaban J connectivity index is 2.17. The van der Waals surface area contributed by atoms with Crippen LogP contribution in [0, 0.1) is 0 Å². The maximum atomic E-state index is 9.90. The molecule has 68 valence electrons. The number of carbonyl (C=O) groups excluding carboxylic acids is 1. The van der Waals surface area contributed by atoms with Gasteiger partial charge >= 0.3 is 0 Å². The summed E-state index contributed by atoms with van der Waals surface area (Å²) < 4.78 is 0. The van der Waals surface area contributed by atoms with Crippen LogP contribution in [0.5, 0.6) is 0 Å². The lowest BCUT2D eigenvalue weighted by Gasteiger charge is -2.28. The molecule has 0 aromatic heterocycles. The molecule has 0 atom stereocenters. The Bertz CT molecular complexity index is 162. The van der Waals surface area contributed by atoms with E-state index in [1.54, 1.807) is 0 Å². The standard InChI is InChI=1S/C8H15N3O/c1-11-5-2-8(3-6-11)10-9-4-7-12/h4,7-8,10H,2-3,5-6H2,1H3. The number of carbonyl (C=O) groups is 1. The third kappa shape index (κ3) is 3.00. The van der Waals surface area contributed by atoms with Crippen molar-refractivity contribution in [1.82, 2.24) is 10.3 Å². The molecule has 0 saturated carbocycles. The van der Waals surface area contributed by atoms with Crippen LogP contribution in [-0.2, 0) is 4.79 Å². The zero-order valence-corrected chi connectivity index (χ0v) is 7.36. The SMILES string of the molecule is CN1CCC(NN=CC=O)CC1. The van der Waals surface area contributed by atoms with Gasteiger partial charge in [-0.25, -0.2) is 0 Å². The molecule has 1 aliphatic heterocycles. The van der Waals surface area contributed by atoms with Gasteiger partial charge < -0.3 is 10.3 Å². The fourth-order valence-electron chi connectivity index (χ4n) is 1.32. The van der Waals surface area contributed by atoms with Crippen molar-refractivity contribution in [2.75, 3.05) is 20.1 Å². The Morgan fingerprint density at radius 2 is 2.17 bits per heavy atom. The number of hydrogen-bond acceptors (Lipinski definition) is 4. The first-order valence-corrected chi connectivity index (χ1v) is 4.24. The molecule has 1 saturated heterocycles. The zero-order chi connectivity index (χ0) is 8.81. The van der Waals surface area contributed by atoms with Gasteiger partial charge in [-0.1, -0.05) is 0 Å². The van der Waals surface area contributed by atoms with Crippen molar-refractivity contribution in [2.24, 2.45) is 5.10 Å². The molecule has 1 N–H and O–H groups in total. The van der Waals surface area contributed by atoms with E-state index < -0.39 is 0 Å². The number of aldehydes is 1. The van der Waals surface area contributed by atoms with Crippen molar-refractivity contribution < 1.29 is 4.79 Å². The summed E-state index contributed by atoms with van der Waals surface area (Å²) in [4.78, 5) is 12.2. The molecule has 1 rings (SSSR count). The normalized spacial score (nSPS) is 21.4. The minimum absolute atomic E-state index is 0.442. The second-order valence-corrected chi connectivity index (χ2v) is 3.12. The first kappa shape index (κ1) is 9.19. The summed E-state index contributed by atoms with van der Waals surface area (Å²) in [6, 6.07) is 0.442. The molecule has 0 spiro atoms. The van der Waals surface area contributed by atoms with Crippen LogP contribution >= 0.6 is 0 Å². The van der Waals surface area contributed by atoms with Crippen LogP contribution in [0.15, 0.2) is 5.10 Å². The van der Waals surface area contributed by atoms with Crippen molar-refractivity contribution in [3.05, 3.63) is 0 Å². The van der Waals surface area contributed by atoms with Crippen molar-refractivity contribution in [3.63, 3.8) is 0 Å². The van der Waals surface area contributed by atoms with Crippen LogP contribution < -0.4 is 5.43 Å². The van der Waals surface area contributed by atoms with E-state index in [0.29, 0.717) is 12.3 Å². The van der Waals surface area contributed by atoms with Crippen LogP contribution in [-0.4, -0.2) is 43.6 Å². The maximum absolute atomic E-state index is 9.90. The number of nitrogens with one attached hydrogen (secondary N) is 1. The second-order valence-electron chi connectivity index (χ2n) is 3.12. The van der Waals surface area contributed by atoms with Crippen LogP contribution in [0.2, 0.25) is 0 Å². The van der Waals surface area contributed by atoms with Crippen molar-refractivity contribution >= 4 is 12.5 Å². The molecule has 1 heterocycles. The molecule has 0 bridgehead atoms. The van der Waals surface area contributed by atoms with Gasteiger partial charge in [-0.2, -0.15) is 5.10 Å². The van der Waals surface area contributed by atoms with E-state index in [4.69, 9.17) is 0 Å². The van der Waals surface area contributed by atoms with Gasteiger partial charge in [0.05, 0.1) is 6.21 Å². The molecule has 1 fully saturated rings. The number of nitrogens with zero attached hydrogens (tertiary/aromatic N) is 2.